The Kier molecular flexibility index (Phi) is 10.9. The molecule has 0 unspecified atom stereocenters. The van der Waals surface area contributed by atoms with Crippen LogP contribution in [0.4, 0.5) is 0 Å². The summed E-state index contributed by atoms with van der Waals surface area (Å²) in [5.41, 5.74) is 5.16. The van der Waals surface area contributed by atoms with Crippen LogP contribution in [0.15, 0.2) is 0 Å². The third-order valence-electron chi connectivity index (χ3n) is 1.52. The fourth-order valence-electron chi connectivity index (χ4n) is 0.443. The molecular weight excluding hydrogens is 170 g/mol. The summed E-state index contributed by atoms with van der Waals surface area (Å²) in [5, 5.41) is 16.3. The lowest BCUT2D eigenvalue weighted by Crippen LogP contribution is -2.34. The van der Waals surface area contributed by atoms with Crippen LogP contribution < -0.4 is 5.73 Å². The molecule has 4 N–H and O–H groups in total. The lowest BCUT2D eigenvalue weighted by Gasteiger charge is -2.07. The Bertz CT molecular complexity index is 124. The van der Waals surface area contributed by atoms with Crippen molar-refractivity contribution in [3.63, 3.8) is 0 Å². The molecule has 0 aromatic rings. The maximum absolute atomic E-state index is 10.0. The van der Waals surface area contributed by atoms with Crippen molar-refractivity contribution in [2.45, 2.75) is 39.7 Å². The second-order valence-corrected chi connectivity index (χ2v) is 3.19. The Morgan fingerprint density at radius 3 is 1.92 bits per heavy atom. The average molecular weight is 191 g/mol. The standard InChI is InChI=1S/C5H11NO2.C4H10O/c1-3(2)4(6)5(7)8;1-2-3-4-5/h3-4H,6H2,1-2H3,(H,7,8);5H,2-4H2,1H3/t4-;/m0./s1. The van der Waals surface area contributed by atoms with E-state index in [9.17, 15) is 4.79 Å². The van der Waals surface area contributed by atoms with E-state index in [1.807, 2.05) is 0 Å². The van der Waals surface area contributed by atoms with Gasteiger partial charge in [-0.25, -0.2) is 0 Å². The van der Waals surface area contributed by atoms with Crippen LogP contribution in [0.2, 0.25) is 0 Å². The van der Waals surface area contributed by atoms with Crippen LogP contribution in [-0.2, 0) is 4.79 Å². The molecule has 0 bridgehead atoms. The number of hydrogen-bond acceptors (Lipinski definition) is 3. The predicted molar refractivity (Wildman–Crippen MR) is 52.4 cm³/mol. The highest BCUT2D eigenvalue weighted by atomic mass is 16.4. The van der Waals surface area contributed by atoms with Crippen LogP contribution in [0, 0.1) is 5.92 Å². The number of aliphatic hydroxyl groups excluding tert-OH is 1. The van der Waals surface area contributed by atoms with Crippen molar-refractivity contribution >= 4 is 5.97 Å². The number of carboxylic acids is 1. The molecule has 0 aliphatic heterocycles. The zero-order chi connectivity index (χ0) is 10.9. The molecule has 0 spiro atoms. The summed E-state index contributed by atoms with van der Waals surface area (Å²) in [6, 6.07) is -0.713. The Labute approximate surface area is 79.8 Å². The smallest absolute Gasteiger partial charge is 0.320 e. The molecule has 0 radical (unpaired) electrons. The quantitative estimate of drug-likeness (QED) is 0.614. The fraction of sp³-hybridized carbons (Fsp3) is 0.889. The summed E-state index contributed by atoms with van der Waals surface area (Å²) >= 11 is 0. The van der Waals surface area contributed by atoms with Crippen LogP contribution in [0.5, 0.6) is 0 Å². The average Bonchev–Trinajstić information content (AvgIpc) is 2.05. The van der Waals surface area contributed by atoms with Gasteiger partial charge in [0.05, 0.1) is 0 Å². The van der Waals surface area contributed by atoms with Gasteiger partial charge in [0.1, 0.15) is 6.04 Å². The maximum Gasteiger partial charge on any atom is 0.320 e. The minimum Gasteiger partial charge on any atom is -0.480 e. The molecule has 0 saturated carbocycles. The second kappa shape index (κ2) is 9.48. The van der Waals surface area contributed by atoms with Gasteiger partial charge in [0.25, 0.3) is 0 Å². The van der Waals surface area contributed by atoms with Crippen molar-refractivity contribution < 1.29 is 15.0 Å². The topological polar surface area (TPSA) is 83.6 Å². The summed E-state index contributed by atoms with van der Waals surface area (Å²) in [7, 11) is 0. The van der Waals surface area contributed by atoms with Crippen molar-refractivity contribution in [3.8, 4) is 0 Å². The Morgan fingerprint density at radius 2 is 1.92 bits per heavy atom. The number of nitrogens with two attached hydrogens (primary N) is 1. The minimum atomic E-state index is -0.931. The van der Waals surface area contributed by atoms with E-state index in [2.05, 4.69) is 6.92 Å². The lowest BCUT2D eigenvalue weighted by atomic mass is 10.1. The van der Waals surface area contributed by atoms with Crippen LogP contribution in [-0.4, -0.2) is 28.8 Å². The molecule has 4 heteroatoms. The Hall–Kier alpha value is -0.610. The number of rotatable bonds is 4. The van der Waals surface area contributed by atoms with Crippen LogP contribution >= 0.6 is 0 Å². The van der Waals surface area contributed by atoms with Crippen molar-refractivity contribution in [2.75, 3.05) is 6.61 Å². The number of carboxylic acid groups (broad SMARTS) is 1. The first-order chi connectivity index (χ1) is 5.97. The first-order valence-corrected chi connectivity index (χ1v) is 4.56. The van der Waals surface area contributed by atoms with E-state index in [-0.39, 0.29) is 5.92 Å². The molecule has 0 saturated heterocycles. The molecule has 0 aromatic carbocycles. The molecule has 80 valence electrons. The van der Waals surface area contributed by atoms with Crippen molar-refractivity contribution in [1.29, 1.82) is 0 Å². The van der Waals surface area contributed by atoms with Gasteiger partial charge in [-0.15, -0.1) is 0 Å². The molecule has 0 aliphatic carbocycles. The molecular formula is C9H21NO3. The fourth-order valence-corrected chi connectivity index (χ4v) is 0.443. The highest BCUT2D eigenvalue weighted by Crippen LogP contribution is 1.96. The number of carbonyl (C=O) groups is 1. The second-order valence-electron chi connectivity index (χ2n) is 3.19. The molecule has 4 nitrogen and oxygen atoms in total. The summed E-state index contributed by atoms with van der Waals surface area (Å²) in [5.74, 6) is -0.910. The maximum atomic E-state index is 10.0. The lowest BCUT2D eigenvalue weighted by molar-refractivity contribution is -0.139. The highest BCUT2D eigenvalue weighted by molar-refractivity contribution is 5.73. The third kappa shape index (κ3) is 11.4. The van der Waals surface area contributed by atoms with Crippen LogP contribution in [0.25, 0.3) is 0 Å². The van der Waals surface area contributed by atoms with Gasteiger partial charge in [0, 0.05) is 6.61 Å². The van der Waals surface area contributed by atoms with Gasteiger partial charge in [-0.05, 0) is 12.3 Å². The molecule has 1 atom stereocenters. The summed E-state index contributed by atoms with van der Waals surface area (Å²) in [4.78, 5) is 10.0. The SMILES string of the molecule is CC(C)[C@H](N)C(=O)O.CCCCO. The minimum absolute atomic E-state index is 0.0208. The number of aliphatic carboxylic acids is 1. The van der Waals surface area contributed by atoms with Crippen molar-refractivity contribution in [1.82, 2.24) is 0 Å². The zero-order valence-corrected chi connectivity index (χ0v) is 8.66. The van der Waals surface area contributed by atoms with Gasteiger partial charge in [-0.2, -0.15) is 0 Å². The molecule has 13 heavy (non-hydrogen) atoms. The molecule has 0 amide bonds. The monoisotopic (exact) mass is 191 g/mol. The molecule has 0 aromatic heterocycles. The summed E-state index contributed by atoms with van der Waals surface area (Å²) in [6.07, 6.45) is 2.04. The van der Waals surface area contributed by atoms with Gasteiger partial charge in [0.2, 0.25) is 0 Å². The number of hydrogen-bond donors (Lipinski definition) is 3. The van der Waals surface area contributed by atoms with Crippen LogP contribution in [0.1, 0.15) is 33.6 Å². The highest BCUT2D eigenvalue weighted by Gasteiger charge is 2.14. The van der Waals surface area contributed by atoms with E-state index in [0.717, 1.165) is 12.8 Å². The van der Waals surface area contributed by atoms with Crippen molar-refractivity contribution in [3.05, 3.63) is 0 Å². The van der Waals surface area contributed by atoms with E-state index >= 15 is 0 Å². The van der Waals surface area contributed by atoms with E-state index < -0.39 is 12.0 Å². The van der Waals surface area contributed by atoms with Gasteiger partial charge in [0.15, 0.2) is 0 Å². The Morgan fingerprint density at radius 1 is 1.46 bits per heavy atom. The first kappa shape index (κ1) is 14.9. The summed E-state index contributed by atoms with van der Waals surface area (Å²) in [6.45, 7) is 5.95. The normalized spacial score (nSPS) is 11.8. The molecule has 0 heterocycles. The largest absolute Gasteiger partial charge is 0.480 e. The van der Waals surface area contributed by atoms with Gasteiger partial charge < -0.3 is 15.9 Å². The van der Waals surface area contributed by atoms with E-state index in [0.29, 0.717) is 6.61 Å². The van der Waals surface area contributed by atoms with E-state index in [1.165, 1.54) is 0 Å². The Balaban J connectivity index is 0. The summed E-state index contributed by atoms with van der Waals surface area (Å²) < 4.78 is 0. The van der Waals surface area contributed by atoms with Crippen molar-refractivity contribution in [2.24, 2.45) is 11.7 Å². The number of unbranched alkanes of at least 4 members (excludes halogenated alkanes) is 1. The van der Waals surface area contributed by atoms with Crippen LogP contribution in [0.3, 0.4) is 0 Å². The first-order valence-electron chi connectivity index (χ1n) is 4.56. The van der Waals surface area contributed by atoms with Gasteiger partial charge >= 0.3 is 5.97 Å². The molecule has 0 fully saturated rings. The third-order valence-corrected chi connectivity index (χ3v) is 1.52. The van der Waals surface area contributed by atoms with Gasteiger partial charge in [-0.1, -0.05) is 27.2 Å². The van der Waals surface area contributed by atoms with E-state index in [4.69, 9.17) is 15.9 Å². The molecule has 0 rings (SSSR count). The number of aliphatic hydroxyl groups is 1. The van der Waals surface area contributed by atoms with Gasteiger partial charge in [-0.3, -0.25) is 4.79 Å². The van der Waals surface area contributed by atoms with E-state index in [1.54, 1.807) is 13.8 Å². The zero-order valence-electron chi connectivity index (χ0n) is 8.66. The molecule has 0 aliphatic rings. The predicted octanol–water partition coefficient (Wildman–Crippen LogP) is 0.833.